The van der Waals surface area contributed by atoms with Crippen molar-refractivity contribution in [1.29, 1.82) is 0 Å². The monoisotopic (exact) mass is 356 g/mol. The van der Waals surface area contributed by atoms with E-state index >= 15 is 0 Å². The molecule has 1 saturated heterocycles. The minimum absolute atomic E-state index is 0.140. The molecule has 5 heteroatoms. The maximum absolute atomic E-state index is 12.6. The molecule has 0 aliphatic carbocycles. The highest BCUT2D eigenvalue weighted by Crippen LogP contribution is 2.22. The molecule has 0 bridgehead atoms. The molecular formula is C21H28N2O3. The SMILES string of the molecule is COc1ccc2cc(CN(C)C(=O)CN3CC(C)OC(C)C3)ccc2c1. The van der Waals surface area contributed by atoms with Crippen LogP contribution in [-0.4, -0.2) is 61.7 Å². The van der Waals surface area contributed by atoms with Crippen LogP contribution in [0, 0.1) is 0 Å². The number of likely N-dealkylation sites (N-methyl/N-ethyl adjacent to an activating group) is 1. The van der Waals surface area contributed by atoms with Gasteiger partial charge in [-0.2, -0.15) is 0 Å². The van der Waals surface area contributed by atoms with E-state index in [1.807, 2.05) is 19.2 Å². The predicted octanol–water partition coefficient (Wildman–Crippen LogP) is 2.92. The smallest absolute Gasteiger partial charge is 0.236 e. The first kappa shape index (κ1) is 18.7. The summed E-state index contributed by atoms with van der Waals surface area (Å²) in [5, 5.41) is 2.29. The molecule has 0 radical (unpaired) electrons. The van der Waals surface area contributed by atoms with Gasteiger partial charge >= 0.3 is 0 Å². The van der Waals surface area contributed by atoms with E-state index in [1.54, 1.807) is 12.0 Å². The zero-order valence-corrected chi connectivity index (χ0v) is 16.1. The second kappa shape index (κ2) is 8.06. The van der Waals surface area contributed by atoms with Crippen molar-refractivity contribution in [2.75, 3.05) is 33.8 Å². The van der Waals surface area contributed by atoms with E-state index in [1.165, 1.54) is 0 Å². The molecule has 1 amide bonds. The van der Waals surface area contributed by atoms with Crippen molar-refractivity contribution in [1.82, 2.24) is 9.80 Å². The van der Waals surface area contributed by atoms with Crippen molar-refractivity contribution < 1.29 is 14.3 Å². The van der Waals surface area contributed by atoms with Gasteiger partial charge in [-0.05, 0) is 48.4 Å². The van der Waals surface area contributed by atoms with Crippen molar-refractivity contribution >= 4 is 16.7 Å². The first-order valence-corrected chi connectivity index (χ1v) is 9.13. The molecule has 1 heterocycles. The van der Waals surface area contributed by atoms with Crippen LogP contribution < -0.4 is 4.74 Å². The quantitative estimate of drug-likeness (QED) is 0.826. The topological polar surface area (TPSA) is 42.0 Å². The maximum atomic E-state index is 12.6. The van der Waals surface area contributed by atoms with E-state index < -0.39 is 0 Å². The van der Waals surface area contributed by atoms with Gasteiger partial charge in [-0.15, -0.1) is 0 Å². The number of ether oxygens (including phenoxy) is 2. The van der Waals surface area contributed by atoms with Crippen LogP contribution in [0.15, 0.2) is 36.4 Å². The number of methoxy groups -OCH3 is 1. The van der Waals surface area contributed by atoms with Crippen LogP contribution in [0.4, 0.5) is 0 Å². The molecule has 2 atom stereocenters. The molecule has 26 heavy (non-hydrogen) atoms. The molecule has 2 aromatic carbocycles. The van der Waals surface area contributed by atoms with Crippen LogP contribution in [0.25, 0.3) is 10.8 Å². The van der Waals surface area contributed by atoms with Gasteiger partial charge in [0.05, 0.1) is 25.9 Å². The van der Waals surface area contributed by atoms with Gasteiger partial charge in [-0.1, -0.05) is 18.2 Å². The van der Waals surface area contributed by atoms with Crippen molar-refractivity contribution in [3.8, 4) is 5.75 Å². The number of rotatable bonds is 5. The molecule has 0 saturated carbocycles. The lowest BCUT2D eigenvalue weighted by Crippen LogP contribution is -2.49. The highest BCUT2D eigenvalue weighted by Gasteiger charge is 2.24. The van der Waals surface area contributed by atoms with Crippen LogP contribution >= 0.6 is 0 Å². The average molecular weight is 356 g/mol. The largest absolute Gasteiger partial charge is 0.497 e. The maximum Gasteiger partial charge on any atom is 0.236 e. The predicted molar refractivity (Wildman–Crippen MR) is 103 cm³/mol. The Morgan fingerprint density at radius 2 is 1.81 bits per heavy atom. The molecule has 140 valence electrons. The molecule has 3 rings (SSSR count). The third kappa shape index (κ3) is 4.54. The summed E-state index contributed by atoms with van der Waals surface area (Å²) in [6.45, 7) is 6.78. The number of hydrogen-bond donors (Lipinski definition) is 0. The molecular weight excluding hydrogens is 328 g/mol. The van der Waals surface area contributed by atoms with Crippen LogP contribution in [0.3, 0.4) is 0 Å². The van der Waals surface area contributed by atoms with Gasteiger partial charge in [0.15, 0.2) is 0 Å². The number of nitrogens with zero attached hydrogens (tertiary/aromatic N) is 2. The van der Waals surface area contributed by atoms with Crippen molar-refractivity contribution in [2.24, 2.45) is 0 Å². The lowest BCUT2D eigenvalue weighted by atomic mass is 10.1. The summed E-state index contributed by atoms with van der Waals surface area (Å²) in [5.41, 5.74) is 1.13. The molecule has 5 nitrogen and oxygen atoms in total. The number of benzene rings is 2. The van der Waals surface area contributed by atoms with Gasteiger partial charge in [0.2, 0.25) is 5.91 Å². The first-order chi connectivity index (χ1) is 12.4. The fourth-order valence-electron chi connectivity index (χ4n) is 3.59. The number of fused-ring (bicyclic) bond motifs is 1. The van der Waals surface area contributed by atoms with Gasteiger partial charge in [0.25, 0.3) is 0 Å². The van der Waals surface area contributed by atoms with Crippen LogP contribution in [0.5, 0.6) is 5.75 Å². The van der Waals surface area contributed by atoms with Crippen molar-refractivity contribution in [3.05, 3.63) is 42.0 Å². The Morgan fingerprint density at radius 1 is 1.15 bits per heavy atom. The molecule has 0 N–H and O–H groups in total. The Bertz CT molecular complexity index is 767. The Morgan fingerprint density at radius 3 is 2.50 bits per heavy atom. The fraction of sp³-hybridized carbons (Fsp3) is 0.476. The average Bonchev–Trinajstić information content (AvgIpc) is 2.60. The van der Waals surface area contributed by atoms with E-state index in [4.69, 9.17) is 9.47 Å². The summed E-state index contributed by atoms with van der Waals surface area (Å²) in [6.07, 6.45) is 0.351. The number of morpholine rings is 1. The second-order valence-electron chi connectivity index (χ2n) is 7.25. The molecule has 1 aliphatic rings. The standard InChI is InChI=1S/C21H28N2O3/c1-15-11-23(12-16(2)26-15)14-21(24)22(3)13-17-5-6-19-10-20(25-4)8-7-18(19)9-17/h5-10,15-16H,11-14H2,1-4H3. The van der Waals surface area contributed by atoms with E-state index in [9.17, 15) is 4.79 Å². The van der Waals surface area contributed by atoms with Gasteiger partial charge in [-0.3, -0.25) is 9.69 Å². The van der Waals surface area contributed by atoms with E-state index in [-0.39, 0.29) is 18.1 Å². The van der Waals surface area contributed by atoms with Crippen LogP contribution in [0.1, 0.15) is 19.4 Å². The van der Waals surface area contributed by atoms with Crippen molar-refractivity contribution in [2.45, 2.75) is 32.6 Å². The van der Waals surface area contributed by atoms with Crippen LogP contribution in [0.2, 0.25) is 0 Å². The van der Waals surface area contributed by atoms with E-state index in [2.05, 4.69) is 43.0 Å². The van der Waals surface area contributed by atoms with Gasteiger partial charge in [0.1, 0.15) is 5.75 Å². The normalized spacial score (nSPS) is 20.9. The van der Waals surface area contributed by atoms with E-state index in [0.29, 0.717) is 13.1 Å². The number of amides is 1. The minimum atomic E-state index is 0.140. The summed E-state index contributed by atoms with van der Waals surface area (Å²) in [7, 11) is 3.54. The summed E-state index contributed by atoms with van der Waals surface area (Å²) in [4.78, 5) is 16.6. The van der Waals surface area contributed by atoms with Gasteiger partial charge in [0, 0.05) is 26.7 Å². The lowest BCUT2D eigenvalue weighted by Gasteiger charge is -2.35. The Kier molecular flexibility index (Phi) is 5.79. The van der Waals surface area contributed by atoms with Crippen LogP contribution in [-0.2, 0) is 16.1 Å². The third-order valence-corrected chi connectivity index (χ3v) is 4.81. The number of carbonyl (C=O) groups excluding carboxylic acids is 1. The third-order valence-electron chi connectivity index (χ3n) is 4.81. The summed E-state index contributed by atoms with van der Waals surface area (Å²) < 4.78 is 11.0. The summed E-state index contributed by atoms with van der Waals surface area (Å²) in [6, 6.07) is 12.3. The highest BCUT2D eigenvalue weighted by atomic mass is 16.5. The Balaban J connectivity index is 1.62. The first-order valence-electron chi connectivity index (χ1n) is 9.13. The fourth-order valence-corrected chi connectivity index (χ4v) is 3.59. The zero-order valence-electron chi connectivity index (χ0n) is 16.1. The molecule has 0 spiro atoms. The van der Waals surface area contributed by atoms with Gasteiger partial charge < -0.3 is 14.4 Å². The highest BCUT2D eigenvalue weighted by molar-refractivity contribution is 5.84. The minimum Gasteiger partial charge on any atom is -0.497 e. The van der Waals surface area contributed by atoms with E-state index in [0.717, 1.165) is 35.2 Å². The molecule has 0 aromatic heterocycles. The molecule has 2 unspecified atom stereocenters. The number of hydrogen-bond acceptors (Lipinski definition) is 4. The molecule has 1 aliphatic heterocycles. The van der Waals surface area contributed by atoms with Crippen molar-refractivity contribution in [3.63, 3.8) is 0 Å². The number of carbonyl (C=O) groups is 1. The second-order valence-corrected chi connectivity index (χ2v) is 7.25. The summed E-state index contributed by atoms with van der Waals surface area (Å²) in [5.74, 6) is 0.993. The molecule has 1 fully saturated rings. The summed E-state index contributed by atoms with van der Waals surface area (Å²) >= 11 is 0. The molecule has 2 aromatic rings. The Labute approximate surface area is 155 Å². The zero-order chi connectivity index (χ0) is 18.7. The van der Waals surface area contributed by atoms with Gasteiger partial charge in [-0.25, -0.2) is 0 Å². The Hall–Kier alpha value is -2.11. The lowest BCUT2D eigenvalue weighted by molar-refractivity contribution is -0.135.